The quantitative estimate of drug-likeness (QED) is 0.940. The first-order valence-corrected chi connectivity index (χ1v) is 8.85. The van der Waals surface area contributed by atoms with Gasteiger partial charge in [-0.1, -0.05) is 12.1 Å². The Morgan fingerprint density at radius 2 is 1.77 bits per heavy atom. The average molecular weight is 317 g/mol. The molecule has 0 aliphatic heterocycles. The maximum Gasteiger partial charge on any atom is 0.261 e. The lowest BCUT2D eigenvalue weighted by Crippen LogP contribution is -2.14. The van der Waals surface area contributed by atoms with Crippen LogP contribution in [0.25, 0.3) is 0 Å². The molecule has 0 radical (unpaired) electrons. The van der Waals surface area contributed by atoms with Gasteiger partial charge in [-0.25, -0.2) is 8.42 Å². The zero-order chi connectivity index (χ0) is 15.6. The first-order chi connectivity index (χ1) is 10.6. The lowest BCUT2D eigenvalue weighted by Gasteiger charge is -2.17. The van der Waals surface area contributed by atoms with Crippen LogP contribution < -0.4 is 9.46 Å². The third kappa shape index (κ3) is 3.09. The van der Waals surface area contributed by atoms with Gasteiger partial charge in [0, 0.05) is 6.07 Å². The maximum absolute atomic E-state index is 12.5. The van der Waals surface area contributed by atoms with Crippen LogP contribution in [0.15, 0.2) is 47.4 Å². The molecule has 0 saturated carbocycles. The molecule has 1 aliphatic rings. The van der Waals surface area contributed by atoms with Gasteiger partial charge in [0.25, 0.3) is 10.0 Å². The lowest BCUT2D eigenvalue weighted by molar-refractivity contribution is 0.415. The molecule has 2 aromatic carbocycles. The van der Waals surface area contributed by atoms with Gasteiger partial charge < -0.3 is 4.74 Å². The summed E-state index contributed by atoms with van der Waals surface area (Å²) >= 11 is 0. The Kier molecular flexibility index (Phi) is 4.07. The van der Waals surface area contributed by atoms with E-state index in [-0.39, 0.29) is 0 Å². The average Bonchev–Trinajstić information content (AvgIpc) is 2.54. The van der Waals surface area contributed by atoms with Crippen molar-refractivity contribution in [2.75, 3.05) is 11.8 Å². The summed E-state index contributed by atoms with van der Waals surface area (Å²) < 4.78 is 32.8. The van der Waals surface area contributed by atoms with Gasteiger partial charge in [-0.3, -0.25) is 4.72 Å². The molecule has 0 heterocycles. The second-order valence-corrected chi connectivity index (χ2v) is 7.16. The zero-order valence-corrected chi connectivity index (χ0v) is 13.3. The number of nitrogens with one attached hydrogen (secondary N) is 1. The summed E-state index contributed by atoms with van der Waals surface area (Å²) in [7, 11) is -2.02. The highest BCUT2D eigenvalue weighted by molar-refractivity contribution is 7.92. The first-order valence-electron chi connectivity index (χ1n) is 7.37. The number of aryl methyl sites for hydroxylation is 2. The van der Waals surface area contributed by atoms with Gasteiger partial charge >= 0.3 is 0 Å². The molecule has 0 fully saturated rings. The fourth-order valence-corrected chi connectivity index (χ4v) is 3.88. The van der Waals surface area contributed by atoms with Crippen LogP contribution in [-0.2, 0) is 22.9 Å². The highest BCUT2D eigenvalue weighted by Crippen LogP contribution is 2.26. The standard InChI is InChI=1S/C17H19NO3S/c1-21-16-8-4-7-15(12-16)18-22(19,20)17-10-9-13-5-2-3-6-14(13)11-17/h4,7-12,18H,2-3,5-6H2,1H3. The van der Waals surface area contributed by atoms with Crippen molar-refractivity contribution in [1.29, 1.82) is 0 Å². The van der Waals surface area contributed by atoms with Gasteiger partial charge in [0.15, 0.2) is 0 Å². The maximum atomic E-state index is 12.5. The number of sulfonamides is 1. The van der Waals surface area contributed by atoms with E-state index in [1.165, 1.54) is 12.0 Å². The van der Waals surface area contributed by atoms with E-state index >= 15 is 0 Å². The Hall–Kier alpha value is -2.01. The summed E-state index contributed by atoms with van der Waals surface area (Å²) in [5.41, 5.74) is 2.92. The lowest BCUT2D eigenvalue weighted by atomic mass is 9.92. The zero-order valence-electron chi connectivity index (χ0n) is 12.5. The SMILES string of the molecule is COc1cccc(NS(=O)(=O)c2ccc3c(c2)CCCC3)c1. The highest BCUT2D eigenvalue weighted by Gasteiger charge is 2.18. The topological polar surface area (TPSA) is 55.4 Å². The van der Waals surface area contributed by atoms with Gasteiger partial charge in [-0.05, 0) is 61.1 Å². The number of hydrogen-bond donors (Lipinski definition) is 1. The summed E-state index contributed by atoms with van der Waals surface area (Å²) in [6.45, 7) is 0. The molecule has 0 unspecified atom stereocenters. The largest absolute Gasteiger partial charge is 0.497 e. The summed E-state index contributed by atoms with van der Waals surface area (Å²) in [6, 6.07) is 12.3. The molecule has 0 aromatic heterocycles. The normalized spacial score (nSPS) is 14.2. The van der Waals surface area contributed by atoms with E-state index in [1.54, 1.807) is 43.5 Å². The Balaban J connectivity index is 1.89. The van der Waals surface area contributed by atoms with Crippen molar-refractivity contribution in [3.63, 3.8) is 0 Å². The number of hydrogen-bond acceptors (Lipinski definition) is 3. The minimum Gasteiger partial charge on any atom is -0.497 e. The van der Waals surface area contributed by atoms with Crippen molar-refractivity contribution in [3.8, 4) is 5.75 Å². The predicted molar refractivity (Wildman–Crippen MR) is 86.9 cm³/mol. The molecule has 2 aromatic rings. The van der Waals surface area contributed by atoms with Crippen molar-refractivity contribution < 1.29 is 13.2 Å². The van der Waals surface area contributed by atoms with E-state index in [1.807, 2.05) is 6.07 Å². The van der Waals surface area contributed by atoms with Gasteiger partial charge in [0.05, 0.1) is 17.7 Å². The van der Waals surface area contributed by atoms with Crippen LogP contribution in [-0.4, -0.2) is 15.5 Å². The smallest absolute Gasteiger partial charge is 0.261 e. The van der Waals surface area contributed by atoms with Crippen molar-refractivity contribution in [3.05, 3.63) is 53.6 Å². The van der Waals surface area contributed by atoms with E-state index in [4.69, 9.17) is 4.74 Å². The van der Waals surface area contributed by atoms with E-state index in [0.29, 0.717) is 16.3 Å². The molecule has 5 heteroatoms. The number of benzene rings is 2. The molecule has 0 bridgehead atoms. The van der Waals surface area contributed by atoms with Crippen LogP contribution in [0.5, 0.6) is 5.75 Å². The van der Waals surface area contributed by atoms with Crippen LogP contribution in [0.1, 0.15) is 24.0 Å². The third-order valence-electron chi connectivity index (χ3n) is 3.95. The van der Waals surface area contributed by atoms with E-state index < -0.39 is 10.0 Å². The molecule has 22 heavy (non-hydrogen) atoms. The Morgan fingerprint density at radius 3 is 2.55 bits per heavy atom. The minimum absolute atomic E-state index is 0.316. The first kappa shape index (κ1) is 14.9. The Labute approximate surface area is 131 Å². The number of anilines is 1. The van der Waals surface area contributed by atoms with Crippen LogP contribution in [0, 0.1) is 0 Å². The summed E-state index contributed by atoms with van der Waals surface area (Å²) in [5.74, 6) is 0.616. The van der Waals surface area contributed by atoms with Crippen molar-refractivity contribution in [1.82, 2.24) is 0 Å². The van der Waals surface area contributed by atoms with E-state index in [0.717, 1.165) is 24.8 Å². The summed E-state index contributed by atoms with van der Waals surface area (Å²) in [6.07, 6.45) is 4.30. The molecule has 3 rings (SSSR count). The molecule has 4 nitrogen and oxygen atoms in total. The third-order valence-corrected chi connectivity index (χ3v) is 5.33. The van der Waals surface area contributed by atoms with Crippen molar-refractivity contribution in [2.45, 2.75) is 30.6 Å². The molecule has 0 spiro atoms. The highest BCUT2D eigenvalue weighted by atomic mass is 32.2. The van der Waals surface area contributed by atoms with Gasteiger partial charge in [-0.15, -0.1) is 0 Å². The van der Waals surface area contributed by atoms with E-state index in [9.17, 15) is 8.42 Å². The molecule has 1 aliphatic carbocycles. The molecule has 116 valence electrons. The fourth-order valence-electron chi connectivity index (χ4n) is 2.78. The van der Waals surface area contributed by atoms with Crippen LogP contribution in [0.2, 0.25) is 0 Å². The molecule has 1 N–H and O–H groups in total. The second kappa shape index (κ2) is 6.01. The molecule has 0 atom stereocenters. The Morgan fingerprint density at radius 1 is 1.00 bits per heavy atom. The van der Waals surface area contributed by atoms with Gasteiger partial charge in [0.1, 0.15) is 5.75 Å². The molecule has 0 saturated heterocycles. The number of methoxy groups -OCH3 is 1. The molecular weight excluding hydrogens is 298 g/mol. The summed E-state index contributed by atoms with van der Waals surface area (Å²) in [5, 5.41) is 0. The van der Waals surface area contributed by atoms with Gasteiger partial charge in [0.2, 0.25) is 0 Å². The van der Waals surface area contributed by atoms with E-state index in [2.05, 4.69) is 4.72 Å². The monoisotopic (exact) mass is 317 g/mol. The van der Waals surface area contributed by atoms with Crippen LogP contribution >= 0.6 is 0 Å². The molecular formula is C17H19NO3S. The van der Waals surface area contributed by atoms with Crippen LogP contribution in [0.4, 0.5) is 5.69 Å². The second-order valence-electron chi connectivity index (χ2n) is 5.48. The number of fused-ring (bicyclic) bond motifs is 1. The fraction of sp³-hybridized carbons (Fsp3) is 0.294. The van der Waals surface area contributed by atoms with Crippen molar-refractivity contribution >= 4 is 15.7 Å². The molecule has 0 amide bonds. The predicted octanol–water partition coefficient (Wildman–Crippen LogP) is 3.37. The minimum atomic E-state index is -3.58. The number of rotatable bonds is 4. The number of ether oxygens (including phenoxy) is 1. The van der Waals surface area contributed by atoms with Gasteiger partial charge in [-0.2, -0.15) is 0 Å². The van der Waals surface area contributed by atoms with Crippen LogP contribution in [0.3, 0.4) is 0 Å². The summed E-state index contributed by atoms with van der Waals surface area (Å²) in [4.78, 5) is 0.316. The van der Waals surface area contributed by atoms with Crippen molar-refractivity contribution in [2.24, 2.45) is 0 Å². The Bertz CT molecular complexity index is 784.